The van der Waals surface area contributed by atoms with E-state index >= 15 is 0 Å². The Hall–Kier alpha value is -2.14. The minimum absolute atomic E-state index is 0.772. The van der Waals surface area contributed by atoms with E-state index in [0.717, 1.165) is 16.6 Å². The van der Waals surface area contributed by atoms with Crippen LogP contribution in [0.3, 0.4) is 0 Å². The molecule has 0 fully saturated rings. The molecular formula is C14H12N4S. The van der Waals surface area contributed by atoms with Gasteiger partial charge in [-0.2, -0.15) is 5.10 Å². The van der Waals surface area contributed by atoms with Gasteiger partial charge in [0.25, 0.3) is 0 Å². The Morgan fingerprint density at radius 2 is 1.79 bits per heavy atom. The largest absolute Gasteiger partial charge is 0.244 e. The van der Waals surface area contributed by atoms with Gasteiger partial charge in [0, 0.05) is 30.5 Å². The molecule has 3 aromatic rings. The van der Waals surface area contributed by atoms with Crippen LogP contribution in [0.4, 0.5) is 0 Å². The van der Waals surface area contributed by atoms with Gasteiger partial charge in [0.1, 0.15) is 5.03 Å². The first-order valence-corrected chi connectivity index (χ1v) is 6.90. The van der Waals surface area contributed by atoms with Crippen LogP contribution < -0.4 is 0 Å². The van der Waals surface area contributed by atoms with Crippen molar-refractivity contribution < 1.29 is 0 Å². The van der Waals surface area contributed by atoms with Crippen molar-refractivity contribution in [1.29, 1.82) is 0 Å². The Labute approximate surface area is 115 Å². The maximum atomic E-state index is 4.39. The van der Waals surface area contributed by atoms with Crippen LogP contribution in [0.2, 0.25) is 0 Å². The molecule has 1 aromatic carbocycles. The third-order valence-corrected chi connectivity index (χ3v) is 3.63. The Morgan fingerprint density at radius 3 is 2.58 bits per heavy atom. The SMILES string of the molecule is c1ccc(CSc2nccnc2-n2cccn2)cc1. The molecule has 19 heavy (non-hydrogen) atoms. The summed E-state index contributed by atoms with van der Waals surface area (Å²) >= 11 is 1.66. The third-order valence-electron chi connectivity index (χ3n) is 2.59. The summed E-state index contributed by atoms with van der Waals surface area (Å²) in [6.45, 7) is 0. The molecule has 2 aromatic heterocycles. The van der Waals surface area contributed by atoms with Gasteiger partial charge < -0.3 is 0 Å². The van der Waals surface area contributed by atoms with Gasteiger partial charge in [-0.3, -0.25) is 0 Å². The summed E-state index contributed by atoms with van der Waals surface area (Å²) in [6, 6.07) is 12.2. The second-order valence-corrected chi connectivity index (χ2v) is 4.87. The maximum absolute atomic E-state index is 4.39. The lowest BCUT2D eigenvalue weighted by atomic mass is 10.2. The normalized spacial score (nSPS) is 10.5. The van der Waals surface area contributed by atoms with Crippen LogP contribution in [0, 0.1) is 0 Å². The van der Waals surface area contributed by atoms with Gasteiger partial charge in [-0.1, -0.05) is 42.1 Å². The molecular weight excluding hydrogens is 256 g/mol. The number of hydrogen-bond acceptors (Lipinski definition) is 4. The molecule has 0 spiro atoms. The molecule has 2 heterocycles. The van der Waals surface area contributed by atoms with Gasteiger partial charge in [0.2, 0.25) is 0 Å². The minimum Gasteiger partial charge on any atom is -0.244 e. The summed E-state index contributed by atoms with van der Waals surface area (Å²) < 4.78 is 1.74. The maximum Gasteiger partial charge on any atom is 0.186 e. The molecule has 3 rings (SSSR count). The standard InChI is InChI=1S/C14H12N4S/c1-2-5-12(6-3-1)11-19-14-13(15-8-9-16-14)18-10-4-7-17-18/h1-10H,11H2. The van der Waals surface area contributed by atoms with Gasteiger partial charge >= 0.3 is 0 Å². The Kier molecular flexibility index (Phi) is 3.56. The number of benzene rings is 1. The fourth-order valence-electron chi connectivity index (χ4n) is 1.70. The lowest BCUT2D eigenvalue weighted by Crippen LogP contribution is -2.01. The van der Waals surface area contributed by atoms with Crippen molar-refractivity contribution in [2.24, 2.45) is 0 Å². The monoisotopic (exact) mass is 268 g/mol. The number of aromatic nitrogens is 4. The van der Waals surface area contributed by atoms with Gasteiger partial charge in [0.15, 0.2) is 5.82 Å². The minimum atomic E-state index is 0.772. The van der Waals surface area contributed by atoms with E-state index in [-0.39, 0.29) is 0 Å². The second-order valence-electron chi connectivity index (χ2n) is 3.91. The van der Waals surface area contributed by atoms with Crippen LogP contribution in [0.1, 0.15) is 5.56 Å². The predicted octanol–water partition coefficient (Wildman–Crippen LogP) is 2.95. The summed E-state index contributed by atoms with van der Waals surface area (Å²) in [5, 5.41) is 5.09. The van der Waals surface area contributed by atoms with Crippen LogP contribution >= 0.6 is 11.8 Å². The van der Waals surface area contributed by atoms with Crippen molar-refractivity contribution in [2.75, 3.05) is 0 Å². The summed E-state index contributed by atoms with van der Waals surface area (Å²) in [5.41, 5.74) is 1.27. The highest BCUT2D eigenvalue weighted by atomic mass is 32.2. The van der Waals surface area contributed by atoms with E-state index in [1.165, 1.54) is 5.56 Å². The van der Waals surface area contributed by atoms with Gasteiger partial charge in [-0.25, -0.2) is 14.6 Å². The van der Waals surface area contributed by atoms with Crippen molar-refractivity contribution in [3.05, 3.63) is 66.7 Å². The summed E-state index contributed by atoms with van der Waals surface area (Å²) in [7, 11) is 0. The zero-order chi connectivity index (χ0) is 12.9. The van der Waals surface area contributed by atoms with Crippen LogP contribution in [0.25, 0.3) is 5.82 Å². The highest BCUT2D eigenvalue weighted by molar-refractivity contribution is 7.98. The van der Waals surface area contributed by atoms with Gasteiger partial charge in [0.05, 0.1) is 0 Å². The molecule has 0 radical (unpaired) electrons. The molecule has 0 N–H and O–H groups in total. The van der Waals surface area contributed by atoms with E-state index in [1.807, 2.05) is 30.5 Å². The van der Waals surface area contributed by atoms with E-state index in [0.29, 0.717) is 0 Å². The molecule has 0 saturated carbocycles. The van der Waals surface area contributed by atoms with E-state index in [1.54, 1.807) is 35.0 Å². The molecule has 5 heteroatoms. The van der Waals surface area contributed by atoms with Gasteiger partial charge in [-0.15, -0.1) is 0 Å². The molecule has 0 aliphatic carbocycles. The van der Waals surface area contributed by atoms with Crippen molar-refractivity contribution in [1.82, 2.24) is 19.7 Å². The Balaban J connectivity index is 1.82. The highest BCUT2D eigenvalue weighted by Crippen LogP contribution is 2.24. The molecule has 0 aliphatic heterocycles. The molecule has 0 aliphatic rings. The summed E-state index contributed by atoms with van der Waals surface area (Å²) in [5.74, 6) is 1.64. The molecule has 0 unspecified atom stereocenters. The second kappa shape index (κ2) is 5.67. The molecule has 94 valence electrons. The van der Waals surface area contributed by atoms with E-state index < -0.39 is 0 Å². The quantitative estimate of drug-likeness (QED) is 0.682. The lowest BCUT2D eigenvalue weighted by molar-refractivity contribution is 0.802. The number of thioether (sulfide) groups is 1. The van der Waals surface area contributed by atoms with Crippen molar-refractivity contribution in [3.63, 3.8) is 0 Å². The van der Waals surface area contributed by atoms with Crippen LogP contribution in [0.5, 0.6) is 0 Å². The first-order chi connectivity index (χ1) is 9.43. The van der Waals surface area contributed by atoms with Crippen molar-refractivity contribution in [2.45, 2.75) is 10.8 Å². The number of nitrogens with zero attached hydrogens (tertiary/aromatic N) is 4. The third kappa shape index (κ3) is 2.82. The zero-order valence-corrected chi connectivity index (χ0v) is 11.0. The van der Waals surface area contributed by atoms with Crippen LogP contribution in [-0.4, -0.2) is 19.7 Å². The molecule has 0 amide bonds. The smallest absolute Gasteiger partial charge is 0.186 e. The fourth-order valence-corrected chi connectivity index (χ4v) is 2.60. The van der Waals surface area contributed by atoms with E-state index in [9.17, 15) is 0 Å². The molecule has 0 saturated heterocycles. The topological polar surface area (TPSA) is 43.6 Å². The van der Waals surface area contributed by atoms with E-state index in [4.69, 9.17) is 0 Å². The van der Waals surface area contributed by atoms with Crippen molar-refractivity contribution in [3.8, 4) is 5.82 Å². The first-order valence-electron chi connectivity index (χ1n) is 5.91. The van der Waals surface area contributed by atoms with Gasteiger partial charge in [-0.05, 0) is 11.6 Å². The van der Waals surface area contributed by atoms with Crippen molar-refractivity contribution >= 4 is 11.8 Å². The van der Waals surface area contributed by atoms with E-state index in [2.05, 4.69) is 27.2 Å². The average Bonchev–Trinajstić information content (AvgIpc) is 3.01. The predicted molar refractivity (Wildman–Crippen MR) is 75.2 cm³/mol. The van der Waals surface area contributed by atoms with Crippen LogP contribution in [-0.2, 0) is 5.75 Å². The van der Waals surface area contributed by atoms with Crippen LogP contribution in [0.15, 0.2) is 66.2 Å². The zero-order valence-electron chi connectivity index (χ0n) is 10.2. The lowest BCUT2D eigenvalue weighted by Gasteiger charge is -2.06. The fraction of sp³-hybridized carbons (Fsp3) is 0.0714. The number of hydrogen-bond donors (Lipinski definition) is 0. The number of rotatable bonds is 4. The molecule has 4 nitrogen and oxygen atoms in total. The summed E-state index contributed by atoms with van der Waals surface area (Å²) in [6.07, 6.45) is 7.00. The Bertz CT molecular complexity index is 638. The molecule has 0 bridgehead atoms. The average molecular weight is 268 g/mol. The first kappa shape index (κ1) is 11.9. The molecule has 0 atom stereocenters. The Morgan fingerprint density at radius 1 is 0.947 bits per heavy atom. The summed E-state index contributed by atoms with van der Waals surface area (Å²) in [4.78, 5) is 8.74. The highest BCUT2D eigenvalue weighted by Gasteiger charge is 2.08.